The summed E-state index contributed by atoms with van der Waals surface area (Å²) in [5.74, 6) is -0.202. The molecule has 1 amide bonds. The summed E-state index contributed by atoms with van der Waals surface area (Å²) in [4.78, 5) is 32.2. The predicted molar refractivity (Wildman–Crippen MR) is 88.2 cm³/mol. The van der Waals surface area contributed by atoms with Crippen molar-refractivity contribution in [1.82, 2.24) is 14.9 Å². The number of aromatic amines is 1. The van der Waals surface area contributed by atoms with Crippen LogP contribution >= 0.6 is 11.8 Å². The monoisotopic (exact) mass is 333 g/mol. The van der Waals surface area contributed by atoms with E-state index < -0.39 is 5.97 Å². The zero-order valence-electron chi connectivity index (χ0n) is 13.1. The molecule has 1 N–H and O–H groups in total. The van der Waals surface area contributed by atoms with Gasteiger partial charge in [-0.1, -0.05) is 42.1 Å². The number of amides is 1. The molecule has 0 spiro atoms. The van der Waals surface area contributed by atoms with Crippen LogP contribution in [0.15, 0.2) is 41.7 Å². The average Bonchev–Trinajstić information content (AvgIpc) is 3.03. The Labute approximate surface area is 139 Å². The second-order valence-electron chi connectivity index (χ2n) is 4.85. The molecular formula is C16H19N3O3S. The summed E-state index contributed by atoms with van der Waals surface area (Å²) in [6, 6.07) is 9.80. The number of carbonyl (C=O) groups excluding carboxylic acids is 2. The van der Waals surface area contributed by atoms with Crippen LogP contribution in [0.2, 0.25) is 0 Å². The average molecular weight is 333 g/mol. The third-order valence-corrected chi connectivity index (χ3v) is 3.94. The van der Waals surface area contributed by atoms with Crippen LogP contribution in [0, 0.1) is 0 Å². The van der Waals surface area contributed by atoms with Gasteiger partial charge in [0, 0.05) is 13.6 Å². The van der Waals surface area contributed by atoms with E-state index >= 15 is 0 Å². The van der Waals surface area contributed by atoms with Crippen molar-refractivity contribution in [2.75, 3.05) is 19.4 Å². The van der Waals surface area contributed by atoms with E-state index in [9.17, 15) is 9.59 Å². The topological polar surface area (TPSA) is 75.3 Å². The van der Waals surface area contributed by atoms with Gasteiger partial charge in [0.05, 0.1) is 18.6 Å². The number of aromatic nitrogens is 2. The number of hydrogen-bond donors (Lipinski definition) is 1. The van der Waals surface area contributed by atoms with Crippen molar-refractivity contribution in [3.63, 3.8) is 0 Å². The molecule has 0 fully saturated rings. The van der Waals surface area contributed by atoms with Gasteiger partial charge in [-0.05, 0) is 12.5 Å². The normalized spacial score (nSPS) is 10.3. The van der Waals surface area contributed by atoms with Gasteiger partial charge in [0.15, 0.2) is 5.16 Å². The van der Waals surface area contributed by atoms with Gasteiger partial charge in [0.25, 0.3) is 0 Å². The highest BCUT2D eigenvalue weighted by molar-refractivity contribution is 7.99. The molecule has 6 nitrogen and oxygen atoms in total. The van der Waals surface area contributed by atoms with E-state index in [1.165, 1.54) is 18.0 Å². The van der Waals surface area contributed by atoms with E-state index in [4.69, 9.17) is 4.74 Å². The van der Waals surface area contributed by atoms with Crippen LogP contribution in [0.5, 0.6) is 0 Å². The first-order valence-electron chi connectivity index (χ1n) is 7.23. The summed E-state index contributed by atoms with van der Waals surface area (Å²) in [6.07, 6.45) is 1.42. The Hall–Kier alpha value is -2.28. The number of hydrogen-bond acceptors (Lipinski definition) is 5. The Balaban J connectivity index is 1.83. The van der Waals surface area contributed by atoms with Crippen molar-refractivity contribution >= 4 is 23.6 Å². The first-order chi connectivity index (χ1) is 11.1. The fraction of sp³-hybridized carbons (Fsp3) is 0.312. The molecule has 0 bridgehead atoms. The molecule has 0 atom stereocenters. The highest BCUT2D eigenvalue weighted by Crippen LogP contribution is 2.15. The van der Waals surface area contributed by atoms with Gasteiger partial charge in [0.1, 0.15) is 5.69 Å². The van der Waals surface area contributed by atoms with Crippen LogP contribution in [-0.2, 0) is 16.1 Å². The van der Waals surface area contributed by atoms with E-state index in [1.54, 1.807) is 18.9 Å². The molecule has 2 aromatic rings. The Morgan fingerprint density at radius 3 is 2.74 bits per heavy atom. The second kappa shape index (κ2) is 8.38. The summed E-state index contributed by atoms with van der Waals surface area (Å²) in [6.45, 7) is 2.61. The fourth-order valence-corrected chi connectivity index (χ4v) is 2.66. The molecule has 1 aromatic carbocycles. The first kappa shape index (κ1) is 17.1. The van der Waals surface area contributed by atoms with Crippen LogP contribution in [0.3, 0.4) is 0 Å². The zero-order valence-corrected chi connectivity index (χ0v) is 13.9. The quantitative estimate of drug-likeness (QED) is 0.622. The fourth-order valence-electron chi connectivity index (χ4n) is 1.87. The van der Waals surface area contributed by atoms with Crippen LogP contribution in [-0.4, -0.2) is 46.2 Å². The van der Waals surface area contributed by atoms with Crippen molar-refractivity contribution < 1.29 is 14.3 Å². The van der Waals surface area contributed by atoms with Gasteiger partial charge < -0.3 is 14.6 Å². The van der Waals surface area contributed by atoms with E-state index in [0.29, 0.717) is 24.0 Å². The summed E-state index contributed by atoms with van der Waals surface area (Å²) >= 11 is 1.26. The minimum atomic E-state index is -0.445. The van der Waals surface area contributed by atoms with Gasteiger partial charge in [-0.15, -0.1) is 0 Å². The molecule has 0 aliphatic rings. The van der Waals surface area contributed by atoms with Crippen molar-refractivity contribution in [2.45, 2.75) is 18.6 Å². The maximum absolute atomic E-state index is 12.1. The third kappa shape index (κ3) is 5.14. The molecule has 23 heavy (non-hydrogen) atoms. The molecule has 1 heterocycles. The molecular weight excluding hydrogens is 314 g/mol. The maximum atomic E-state index is 12.1. The number of H-pyrrole nitrogens is 1. The number of ether oxygens (including phenoxy) is 1. The van der Waals surface area contributed by atoms with Gasteiger partial charge in [-0.3, -0.25) is 4.79 Å². The Morgan fingerprint density at radius 2 is 2.04 bits per heavy atom. The number of thioether (sulfide) groups is 1. The summed E-state index contributed by atoms with van der Waals surface area (Å²) in [5, 5.41) is 0.523. The minimum Gasteiger partial charge on any atom is -0.461 e. The second-order valence-corrected chi connectivity index (χ2v) is 5.81. The number of benzene rings is 1. The number of nitrogens with zero attached hydrogens (tertiary/aromatic N) is 2. The van der Waals surface area contributed by atoms with Gasteiger partial charge in [-0.25, -0.2) is 9.78 Å². The number of rotatable bonds is 7. The smallest absolute Gasteiger partial charge is 0.356 e. The number of carbonyl (C=O) groups is 2. The molecule has 0 saturated heterocycles. The molecule has 0 saturated carbocycles. The lowest BCUT2D eigenvalue weighted by Gasteiger charge is -2.16. The predicted octanol–water partition coefficient (Wildman–Crippen LogP) is 2.34. The lowest BCUT2D eigenvalue weighted by atomic mass is 10.2. The van der Waals surface area contributed by atoms with Gasteiger partial charge >= 0.3 is 5.97 Å². The van der Waals surface area contributed by atoms with Crippen molar-refractivity contribution in [3.8, 4) is 0 Å². The van der Waals surface area contributed by atoms with Crippen molar-refractivity contribution in [3.05, 3.63) is 47.8 Å². The molecule has 0 radical (unpaired) electrons. The molecule has 0 aliphatic heterocycles. The lowest BCUT2D eigenvalue weighted by Crippen LogP contribution is -2.27. The molecule has 0 unspecified atom stereocenters. The standard InChI is InChI=1S/C16H19N3O3S/c1-3-22-15(21)13-9-17-16(18-13)23-11-14(20)19(2)10-12-7-5-4-6-8-12/h4-9H,3,10-11H2,1-2H3,(H,17,18). The minimum absolute atomic E-state index is 0.00654. The SMILES string of the molecule is CCOC(=O)c1cnc(SCC(=O)N(C)Cc2ccccc2)[nH]1. The molecule has 0 aliphatic carbocycles. The largest absolute Gasteiger partial charge is 0.461 e. The Bertz CT molecular complexity index is 658. The molecule has 1 aromatic heterocycles. The molecule has 122 valence electrons. The molecule has 2 rings (SSSR count). The Morgan fingerprint density at radius 1 is 1.30 bits per heavy atom. The maximum Gasteiger partial charge on any atom is 0.356 e. The number of imidazole rings is 1. The van der Waals surface area contributed by atoms with Gasteiger partial charge in [-0.2, -0.15) is 0 Å². The first-order valence-corrected chi connectivity index (χ1v) is 8.21. The highest BCUT2D eigenvalue weighted by Gasteiger charge is 2.14. The van der Waals surface area contributed by atoms with Gasteiger partial charge in [0.2, 0.25) is 5.91 Å². The van der Waals surface area contributed by atoms with Crippen LogP contribution in [0.4, 0.5) is 0 Å². The van der Waals surface area contributed by atoms with E-state index in [0.717, 1.165) is 5.56 Å². The van der Waals surface area contributed by atoms with Crippen LogP contribution < -0.4 is 0 Å². The highest BCUT2D eigenvalue weighted by atomic mass is 32.2. The van der Waals surface area contributed by atoms with Crippen LogP contribution in [0.25, 0.3) is 0 Å². The number of nitrogens with one attached hydrogen (secondary N) is 1. The Kier molecular flexibility index (Phi) is 6.22. The number of esters is 1. The summed E-state index contributed by atoms with van der Waals surface area (Å²) < 4.78 is 4.88. The third-order valence-electron chi connectivity index (χ3n) is 3.07. The summed E-state index contributed by atoms with van der Waals surface area (Å²) in [7, 11) is 1.77. The summed E-state index contributed by atoms with van der Waals surface area (Å²) in [5.41, 5.74) is 1.37. The van der Waals surface area contributed by atoms with E-state index in [-0.39, 0.29) is 11.7 Å². The van der Waals surface area contributed by atoms with Crippen molar-refractivity contribution in [2.24, 2.45) is 0 Å². The van der Waals surface area contributed by atoms with E-state index in [2.05, 4.69) is 9.97 Å². The molecule has 7 heteroatoms. The van der Waals surface area contributed by atoms with Crippen molar-refractivity contribution in [1.29, 1.82) is 0 Å². The van der Waals surface area contributed by atoms with E-state index in [1.807, 2.05) is 30.3 Å². The van der Waals surface area contributed by atoms with Crippen LogP contribution in [0.1, 0.15) is 23.0 Å². The zero-order chi connectivity index (χ0) is 16.7. The lowest BCUT2D eigenvalue weighted by molar-refractivity contribution is -0.127.